The van der Waals surface area contributed by atoms with E-state index in [1.54, 1.807) is 0 Å². The highest BCUT2D eigenvalue weighted by Gasteiger charge is 2.28. The normalized spacial score (nSPS) is 15.7. The number of rotatable bonds is 7. The third kappa shape index (κ3) is 4.86. The SMILES string of the molecule is COc1ccc(S(=O)(=O)N2CCCC2)cc1NC(=O)[C@@H](C)Oc1ccc(F)cc1. The molecule has 3 rings (SSSR count). The van der Waals surface area contributed by atoms with Gasteiger partial charge in [0.15, 0.2) is 6.10 Å². The second kappa shape index (κ2) is 8.79. The lowest BCUT2D eigenvalue weighted by Crippen LogP contribution is -2.31. The highest BCUT2D eigenvalue weighted by Crippen LogP contribution is 2.30. The van der Waals surface area contributed by atoms with E-state index >= 15 is 0 Å². The molecule has 29 heavy (non-hydrogen) atoms. The van der Waals surface area contributed by atoms with Gasteiger partial charge in [0.2, 0.25) is 10.0 Å². The molecule has 1 saturated heterocycles. The first kappa shape index (κ1) is 21.1. The molecular formula is C20H23FN2O5S. The van der Waals surface area contributed by atoms with Crippen molar-refractivity contribution in [2.24, 2.45) is 0 Å². The average Bonchev–Trinajstić information content (AvgIpc) is 3.25. The maximum Gasteiger partial charge on any atom is 0.265 e. The molecule has 0 unspecified atom stereocenters. The molecule has 2 aromatic rings. The van der Waals surface area contributed by atoms with Gasteiger partial charge in [-0.15, -0.1) is 0 Å². The standard InChI is InChI=1S/C20H23FN2O5S/c1-14(28-16-7-5-15(21)6-8-16)20(24)22-18-13-17(9-10-19(18)27-2)29(25,26)23-11-3-4-12-23/h5-10,13-14H,3-4,11-12H2,1-2H3,(H,22,24)/t14-/m1/s1. The Balaban J connectivity index is 1.78. The Morgan fingerprint density at radius 2 is 1.79 bits per heavy atom. The third-order valence-electron chi connectivity index (χ3n) is 4.63. The van der Waals surface area contributed by atoms with Crippen molar-refractivity contribution in [3.8, 4) is 11.5 Å². The second-order valence-corrected chi connectivity index (χ2v) is 8.61. The van der Waals surface area contributed by atoms with Gasteiger partial charge in [0, 0.05) is 13.1 Å². The molecule has 1 aliphatic rings. The Bertz CT molecular complexity index is 973. The molecule has 0 aliphatic carbocycles. The van der Waals surface area contributed by atoms with Gasteiger partial charge in [0.1, 0.15) is 17.3 Å². The monoisotopic (exact) mass is 422 g/mol. The van der Waals surface area contributed by atoms with Crippen molar-refractivity contribution < 1.29 is 27.1 Å². The summed E-state index contributed by atoms with van der Waals surface area (Å²) in [5, 5.41) is 2.65. The number of benzene rings is 2. The Kier molecular flexibility index (Phi) is 6.39. The van der Waals surface area contributed by atoms with Gasteiger partial charge in [-0.05, 0) is 62.2 Å². The molecule has 0 spiro atoms. The first-order valence-electron chi connectivity index (χ1n) is 9.22. The molecule has 156 valence electrons. The number of carbonyl (C=O) groups excluding carboxylic acids is 1. The van der Waals surface area contributed by atoms with Gasteiger partial charge in [0.25, 0.3) is 5.91 Å². The van der Waals surface area contributed by atoms with Crippen LogP contribution in [-0.4, -0.2) is 44.9 Å². The van der Waals surface area contributed by atoms with Gasteiger partial charge < -0.3 is 14.8 Å². The van der Waals surface area contributed by atoms with Gasteiger partial charge >= 0.3 is 0 Å². The van der Waals surface area contributed by atoms with Crippen molar-refractivity contribution in [2.75, 3.05) is 25.5 Å². The molecule has 1 atom stereocenters. The van der Waals surface area contributed by atoms with Crippen LogP contribution in [0.2, 0.25) is 0 Å². The van der Waals surface area contributed by atoms with E-state index in [4.69, 9.17) is 9.47 Å². The lowest BCUT2D eigenvalue weighted by Gasteiger charge is -2.19. The zero-order chi connectivity index (χ0) is 21.0. The van der Waals surface area contributed by atoms with Crippen LogP contribution in [0.5, 0.6) is 11.5 Å². The minimum absolute atomic E-state index is 0.0857. The first-order valence-corrected chi connectivity index (χ1v) is 10.7. The van der Waals surface area contributed by atoms with Gasteiger partial charge in [-0.3, -0.25) is 4.79 Å². The molecule has 1 N–H and O–H groups in total. The van der Waals surface area contributed by atoms with E-state index in [1.165, 1.54) is 60.8 Å². The van der Waals surface area contributed by atoms with Crippen molar-refractivity contribution in [3.05, 3.63) is 48.3 Å². The number of ether oxygens (including phenoxy) is 2. The number of halogens is 1. The zero-order valence-electron chi connectivity index (χ0n) is 16.2. The molecule has 1 aliphatic heterocycles. The second-order valence-electron chi connectivity index (χ2n) is 6.68. The van der Waals surface area contributed by atoms with E-state index in [0.29, 0.717) is 24.6 Å². The van der Waals surface area contributed by atoms with Crippen LogP contribution >= 0.6 is 0 Å². The number of amides is 1. The van der Waals surface area contributed by atoms with Gasteiger partial charge in [-0.2, -0.15) is 4.31 Å². The molecule has 0 saturated carbocycles. The first-order chi connectivity index (χ1) is 13.8. The summed E-state index contributed by atoms with van der Waals surface area (Å²) < 4.78 is 50.8. The molecule has 7 nitrogen and oxygen atoms in total. The molecule has 2 aromatic carbocycles. The van der Waals surface area contributed by atoms with E-state index in [0.717, 1.165) is 12.8 Å². The molecular weight excluding hydrogens is 399 g/mol. The fraction of sp³-hybridized carbons (Fsp3) is 0.350. The lowest BCUT2D eigenvalue weighted by molar-refractivity contribution is -0.122. The molecule has 1 fully saturated rings. The minimum Gasteiger partial charge on any atom is -0.495 e. The summed E-state index contributed by atoms with van der Waals surface area (Å²) in [5.74, 6) is -0.238. The van der Waals surface area contributed by atoms with Crippen LogP contribution in [0, 0.1) is 5.82 Å². The topological polar surface area (TPSA) is 84.9 Å². The third-order valence-corrected chi connectivity index (χ3v) is 6.52. The summed E-state index contributed by atoms with van der Waals surface area (Å²) in [4.78, 5) is 12.6. The van der Waals surface area contributed by atoms with E-state index in [1.807, 2.05) is 0 Å². The highest BCUT2D eigenvalue weighted by molar-refractivity contribution is 7.89. The number of sulfonamides is 1. The molecule has 9 heteroatoms. The molecule has 0 radical (unpaired) electrons. The zero-order valence-corrected chi connectivity index (χ0v) is 17.0. The summed E-state index contributed by atoms with van der Waals surface area (Å²) in [6, 6.07) is 9.65. The number of methoxy groups -OCH3 is 1. The number of hydrogen-bond donors (Lipinski definition) is 1. The molecule has 1 heterocycles. The van der Waals surface area contributed by atoms with Crippen LogP contribution in [-0.2, 0) is 14.8 Å². The van der Waals surface area contributed by atoms with Crippen LogP contribution < -0.4 is 14.8 Å². The van der Waals surface area contributed by atoms with Crippen LogP contribution in [0.25, 0.3) is 0 Å². The van der Waals surface area contributed by atoms with Crippen LogP contribution in [0.4, 0.5) is 10.1 Å². The molecule has 1 amide bonds. The number of anilines is 1. The number of nitrogens with zero attached hydrogens (tertiary/aromatic N) is 1. The fourth-order valence-corrected chi connectivity index (χ4v) is 4.57. The van der Waals surface area contributed by atoms with Crippen LogP contribution in [0.3, 0.4) is 0 Å². The smallest absolute Gasteiger partial charge is 0.265 e. The predicted octanol–water partition coefficient (Wildman–Crippen LogP) is 3.02. The average molecular weight is 422 g/mol. The van der Waals surface area contributed by atoms with E-state index in [9.17, 15) is 17.6 Å². The summed E-state index contributed by atoms with van der Waals surface area (Å²) in [6.07, 6.45) is 0.762. The van der Waals surface area contributed by atoms with E-state index < -0.39 is 27.9 Å². The molecule has 0 aromatic heterocycles. The van der Waals surface area contributed by atoms with Gasteiger partial charge in [-0.25, -0.2) is 12.8 Å². The summed E-state index contributed by atoms with van der Waals surface area (Å²) in [5.41, 5.74) is 0.229. The Morgan fingerprint density at radius 3 is 2.41 bits per heavy atom. The van der Waals surface area contributed by atoms with Crippen molar-refractivity contribution in [1.29, 1.82) is 0 Å². The van der Waals surface area contributed by atoms with E-state index in [2.05, 4.69) is 5.32 Å². The highest BCUT2D eigenvalue weighted by atomic mass is 32.2. The summed E-state index contributed by atoms with van der Waals surface area (Å²) in [7, 11) is -2.21. The maximum atomic E-state index is 13.0. The van der Waals surface area contributed by atoms with Crippen molar-refractivity contribution in [3.63, 3.8) is 0 Å². The van der Waals surface area contributed by atoms with Crippen LogP contribution in [0.1, 0.15) is 19.8 Å². The Hall–Kier alpha value is -2.65. The number of nitrogens with one attached hydrogen (secondary N) is 1. The number of hydrogen-bond acceptors (Lipinski definition) is 5. The lowest BCUT2D eigenvalue weighted by atomic mass is 10.2. The fourth-order valence-electron chi connectivity index (χ4n) is 3.03. The van der Waals surface area contributed by atoms with Crippen molar-refractivity contribution in [2.45, 2.75) is 30.8 Å². The summed E-state index contributed by atoms with van der Waals surface area (Å²) >= 11 is 0. The van der Waals surface area contributed by atoms with Gasteiger partial charge in [-0.1, -0.05) is 0 Å². The van der Waals surface area contributed by atoms with Gasteiger partial charge in [0.05, 0.1) is 17.7 Å². The Labute approximate surface area is 169 Å². The van der Waals surface area contributed by atoms with E-state index in [-0.39, 0.29) is 10.6 Å². The van der Waals surface area contributed by atoms with Crippen molar-refractivity contribution in [1.82, 2.24) is 4.31 Å². The molecule has 0 bridgehead atoms. The van der Waals surface area contributed by atoms with Crippen LogP contribution in [0.15, 0.2) is 47.4 Å². The van der Waals surface area contributed by atoms with Crippen molar-refractivity contribution >= 4 is 21.6 Å². The quantitative estimate of drug-likeness (QED) is 0.741. The number of carbonyl (C=O) groups is 1. The maximum absolute atomic E-state index is 13.0. The predicted molar refractivity (Wildman–Crippen MR) is 106 cm³/mol. The largest absolute Gasteiger partial charge is 0.495 e. The Morgan fingerprint density at radius 1 is 1.14 bits per heavy atom. The minimum atomic E-state index is -3.64. The summed E-state index contributed by atoms with van der Waals surface area (Å²) in [6.45, 7) is 2.51.